The van der Waals surface area contributed by atoms with Crippen molar-refractivity contribution in [1.82, 2.24) is 0 Å². The first-order valence-corrected chi connectivity index (χ1v) is 11.6. The third-order valence-electron chi connectivity index (χ3n) is 4.62. The van der Waals surface area contributed by atoms with E-state index >= 15 is 0 Å². The van der Waals surface area contributed by atoms with Crippen LogP contribution in [-0.2, 0) is 9.53 Å². The lowest BCUT2D eigenvalue weighted by molar-refractivity contribution is -0.137. The number of unbranched alkanes of at least 4 members (excludes halogenated alkanes) is 13. The molecule has 2 atom stereocenters. The lowest BCUT2D eigenvalue weighted by Gasteiger charge is -2.10. The molecule has 170 valence electrons. The smallest absolute Gasteiger partial charge is 0.303 e. The number of aliphatic carboxylic acids is 1. The highest BCUT2D eigenvalue weighted by Crippen LogP contribution is 2.13. The lowest BCUT2D eigenvalue weighted by Crippen LogP contribution is -2.19. The van der Waals surface area contributed by atoms with Gasteiger partial charge in [0.25, 0.3) is 0 Å². The third kappa shape index (κ3) is 30.1. The minimum Gasteiger partial charge on any atom is -0.481 e. The van der Waals surface area contributed by atoms with Gasteiger partial charge in [0.2, 0.25) is 0 Å². The van der Waals surface area contributed by atoms with Crippen LogP contribution in [0.2, 0.25) is 0 Å². The van der Waals surface area contributed by atoms with Crippen molar-refractivity contribution in [2.45, 2.75) is 129 Å². The van der Waals surface area contributed by atoms with Crippen LogP contribution in [-0.4, -0.2) is 46.7 Å². The molecular weight excluding hydrogens is 356 g/mol. The normalized spacial score (nSPS) is 12.9. The second-order valence-corrected chi connectivity index (χ2v) is 7.92. The molecule has 0 saturated heterocycles. The van der Waals surface area contributed by atoms with Crippen molar-refractivity contribution in [3.05, 3.63) is 0 Å². The molecular formula is C23H48O5. The molecule has 0 aromatic heterocycles. The van der Waals surface area contributed by atoms with Crippen molar-refractivity contribution in [3.63, 3.8) is 0 Å². The number of carboxylic acids is 1. The Balaban J connectivity index is 0. The molecule has 28 heavy (non-hydrogen) atoms. The zero-order chi connectivity index (χ0) is 21.5. The molecule has 5 nitrogen and oxygen atoms in total. The van der Waals surface area contributed by atoms with Crippen LogP contribution in [0.1, 0.15) is 117 Å². The van der Waals surface area contributed by atoms with Crippen molar-refractivity contribution < 1.29 is 24.9 Å². The summed E-state index contributed by atoms with van der Waals surface area (Å²) in [5, 5.41) is 25.6. The average Bonchev–Trinajstić information content (AvgIpc) is 2.66. The number of carbonyl (C=O) groups is 1. The predicted molar refractivity (Wildman–Crippen MR) is 117 cm³/mol. The number of hydrogen-bond acceptors (Lipinski definition) is 4. The topological polar surface area (TPSA) is 87.0 Å². The van der Waals surface area contributed by atoms with Gasteiger partial charge in [0, 0.05) is 6.42 Å². The number of ether oxygens (including phenoxy) is 1. The highest BCUT2D eigenvalue weighted by molar-refractivity contribution is 5.66. The first-order chi connectivity index (χ1) is 13.4. The maximum atomic E-state index is 10.3. The van der Waals surface area contributed by atoms with E-state index in [4.69, 9.17) is 20.1 Å². The Kier molecular flexibility index (Phi) is 25.7. The number of aliphatic hydroxyl groups is 2. The highest BCUT2D eigenvalue weighted by atomic mass is 16.5. The zero-order valence-electron chi connectivity index (χ0n) is 18.8. The van der Waals surface area contributed by atoms with Gasteiger partial charge >= 0.3 is 5.97 Å². The monoisotopic (exact) mass is 404 g/mol. The molecule has 0 aliphatic rings. The van der Waals surface area contributed by atoms with Crippen molar-refractivity contribution in [2.24, 2.45) is 0 Å². The van der Waals surface area contributed by atoms with Gasteiger partial charge in [-0.3, -0.25) is 4.79 Å². The van der Waals surface area contributed by atoms with E-state index in [0.29, 0.717) is 13.0 Å². The summed E-state index contributed by atoms with van der Waals surface area (Å²) < 4.78 is 4.95. The molecule has 0 spiro atoms. The summed E-state index contributed by atoms with van der Waals surface area (Å²) in [6, 6.07) is 0. The summed E-state index contributed by atoms with van der Waals surface area (Å²) in [5.74, 6) is -0.654. The Hall–Kier alpha value is -0.650. The van der Waals surface area contributed by atoms with E-state index in [1.54, 1.807) is 13.8 Å². The highest BCUT2D eigenvalue weighted by Gasteiger charge is 2.01. The van der Waals surface area contributed by atoms with Crippen LogP contribution in [0.25, 0.3) is 0 Å². The van der Waals surface area contributed by atoms with E-state index in [-0.39, 0.29) is 12.7 Å². The Morgan fingerprint density at radius 3 is 1.50 bits per heavy atom. The minimum absolute atomic E-state index is 0.00667. The zero-order valence-corrected chi connectivity index (χ0v) is 18.8. The molecule has 2 unspecified atom stereocenters. The first kappa shape index (κ1) is 29.6. The molecule has 0 amide bonds. The quantitative estimate of drug-likeness (QED) is 0.240. The standard InChI is InChI=1S/C17H34O2.C6H14O3/c1-2-3-4-5-6-7-8-9-10-11-12-13-14-15-16-17(18)19;1-5(8)4-9-6(2)3-7/h2-16H2,1H3,(H,18,19);5-8H,3-4H2,1-2H3. The van der Waals surface area contributed by atoms with Crippen LogP contribution in [0, 0.1) is 0 Å². The molecule has 0 radical (unpaired) electrons. The summed E-state index contributed by atoms with van der Waals surface area (Å²) in [7, 11) is 0. The molecule has 5 heteroatoms. The lowest BCUT2D eigenvalue weighted by atomic mass is 10.0. The number of aliphatic hydroxyl groups excluding tert-OH is 2. The summed E-state index contributed by atoms with van der Waals surface area (Å²) in [5.41, 5.74) is 0. The van der Waals surface area contributed by atoms with Gasteiger partial charge in [-0.1, -0.05) is 90.4 Å². The third-order valence-corrected chi connectivity index (χ3v) is 4.62. The average molecular weight is 405 g/mol. The number of hydrogen-bond donors (Lipinski definition) is 3. The SMILES string of the molecule is CC(O)COC(C)CO.CCCCCCCCCCCCCCCCC(=O)O. The van der Waals surface area contributed by atoms with Crippen LogP contribution >= 0.6 is 0 Å². The van der Waals surface area contributed by atoms with E-state index in [9.17, 15) is 4.79 Å². The van der Waals surface area contributed by atoms with Crippen LogP contribution in [0.5, 0.6) is 0 Å². The van der Waals surface area contributed by atoms with Gasteiger partial charge in [0.1, 0.15) is 0 Å². The van der Waals surface area contributed by atoms with Crippen molar-refractivity contribution in [3.8, 4) is 0 Å². The molecule has 0 aliphatic carbocycles. The van der Waals surface area contributed by atoms with Gasteiger partial charge in [-0.15, -0.1) is 0 Å². The fourth-order valence-corrected chi connectivity index (χ4v) is 2.83. The second-order valence-electron chi connectivity index (χ2n) is 7.92. The summed E-state index contributed by atoms with van der Waals surface area (Å²) in [6.07, 6.45) is 18.1. The van der Waals surface area contributed by atoms with Gasteiger partial charge in [-0.05, 0) is 20.3 Å². The Morgan fingerprint density at radius 2 is 1.18 bits per heavy atom. The van der Waals surface area contributed by atoms with Gasteiger partial charge in [-0.25, -0.2) is 0 Å². The molecule has 0 heterocycles. The van der Waals surface area contributed by atoms with Crippen LogP contribution < -0.4 is 0 Å². The first-order valence-electron chi connectivity index (χ1n) is 11.6. The fraction of sp³-hybridized carbons (Fsp3) is 0.957. The van der Waals surface area contributed by atoms with Crippen molar-refractivity contribution in [2.75, 3.05) is 13.2 Å². The van der Waals surface area contributed by atoms with E-state index in [1.165, 1.54) is 77.0 Å². The molecule has 0 aromatic carbocycles. The Bertz CT molecular complexity index is 307. The van der Waals surface area contributed by atoms with Crippen LogP contribution in [0.3, 0.4) is 0 Å². The molecule has 3 N–H and O–H groups in total. The van der Waals surface area contributed by atoms with Gasteiger partial charge in [-0.2, -0.15) is 0 Å². The maximum absolute atomic E-state index is 10.3. The number of carboxylic acid groups (broad SMARTS) is 1. The molecule has 0 aromatic rings. The van der Waals surface area contributed by atoms with E-state index in [2.05, 4.69) is 6.92 Å². The molecule has 0 aliphatic heterocycles. The summed E-state index contributed by atoms with van der Waals surface area (Å²) in [4.78, 5) is 10.3. The summed E-state index contributed by atoms with van der Waals surface area (Å²) >= 11 is 0. The molecule has 0 fully saturated rings. The maximum Gasteiger partial charge on any atom is 0.303 e. The largest absolute Gasteiger partial charge is 0.481 e. The molecule has 0 saturated carbocycles. The van der Waals surface area contributed by atoms with Gasteiger partial charge in [0.15, 0.2) is 0 Å². The minimum atomic E-state index is -0.654. The predicted octanol–water partition coefficient (Wildman–Crippen LogP) is 5.71. The van der Waals surface area contributed by atoms with Crippen LogP contribution in [0.4, 0.5) is 0 Å². The second kappa shape index (κ2) is 24.4. The molecule has 0 rings (SSSR count). The molecule has 0 bridgehead atoms. The van der Waals surface area contributed by atoms with E-state index in [0.717, 1.165) is 12.8 Å². The van der Waals surface area contributed by atoms with E-state index in [1.807, 2.05) is 0 Å². The Morgan fingerprint density at radius 1 is 0.786 bits per heavy atom. The van der Waals surface area contributed by atoms with E-state index < -0.39 is 12.1 Å². The van der Waals surface area contributed by atoms with Crippen LogP contribution in [0.15, 0.2) is 0 Å². The fourth-order valence-electron chi connectivity index (χ4n) is 2.83. The van der Waals surface area contributed by atoms with Crippen molar-refractivity contribution in [1.29, 1.82) is 0 Å². The number of rotatable bonds is 19. The van der Waals surface area contributed by atoms with Crippen molar-refractivity contribution >= 4 is 5.97 Å². The Labute approximate surface area is 173 Å². The van der Waals surface area contributed by atoms with Gasteiger partial charge in [0.05, 0.1) is 25.4 Å². The summed E-state index contributed by atoms with van der Waals surface area (Å²) in [6.45, 7) is 5.96. The van der Waals surface area contributed by atoms with Gasteiger partial charge < -0.3 is 20.1 Å².